The Morgan fingerprint density at radius 3 is 2.90 bits per heavy atom. The van der Waals surface area contributed by atoms with Crippen molar-refractivity contribution in [2.75, 3.05) is 6.61 Å². The molecule has 106 valence electrons. The van der Waals surface area contributed by atoms with Crippen LogP contribution < -0.4 is 0 Å². The second-order valence-corrected chi connectivity index (χ2v) is 5.38. The maximum Gasteiger partial charge on any atom is 0.411 e. The normalized spacial score (nSPS) is 17.2. The average molecular weight is 340 g/mol. The van der Waals surface area contributed by atoms with E-state index in [1.54, 1.807) is 0 Å². The van der Waals surface area contributed by atoms with Crippen molar-refractivity contribution in [2.45, 2.75) is 19.0 Å². The SMILES string of the molecule is C=CCOC(=O)N1Cc2cc(Br)ccc2C[C@H]1C(=O)O. The molecule has 0 radical (unpaired) electrons. The molecule has 2 rings (SSSR count). The minimum Gasteiger partial charge on any atom is -0.480 e. The summed E-state index contributed by atoms with van der Waals surface area (Å²) < 4.78 is 5.84. The predicted molar refractivity (Wildman–Crippen MR) is 76.4 cm³/mol. The molecule has 0 bridgehead atoms. The van der Waals surface area contributed by atoms with Crippen LogP contribution >= 0.6 is 15.9 Å². The molecule has 1 aromatic carbocycles. The number of benzene rings is 1. The third-order valence-electron chi connectivity index (χ3n) is 3.14. The molecule has 0 aliphatic carbocycles. The molecule has 1 heterocycles. The van der Waals surface area contributed by atoms with Crippen LogP contribution in [0.1, 0.15) is 11.1 Å². The quantitative estimate of drug-likeness (QED) is 0.859. The fourth-order valence-corrected chi connectivity index (χ4v) is 2.59. The van der Waals surface area contributed by atoms with Crippen LogP contribution in [0.4, 0.5) is 4.79 Å². The zero-order valence-electron chi connectivity index (χ0n) is 10.7. The van der Waals surface area contributed by atoms with Gasteiger partial charge < -0.3 is 9.84 Å². The summed E-state index contributed by atoms with van der Waals surface area (Å²) >= 11 is 3.37. The Morgan fingerprint density at radius 2 is 2.25 bits per heavy atom. The van der Waals surface area contributed by atoms with Crippen LogP contribution in [0.3, 0.4) is 0 Å². The van der Waals surface area contributed by atoms with Gasteiger partial charge in [-0.2, -0.15) is 0 Å². The van der Waals surface area contributed by atoms with Crippen molar-refractivity contribution in [3.05, 3.63) is 46.5 Å². The summed E-state index contributed by atoms with van der Waals surface area (Å²) in [5.41, 5.74) is 1.86. The first-order valence-electron chi connectivity index (χ1n) is 6.07. The Morgan fingerprint density at radius 1 is 1.50 bits per heavy atom. The Kier molecular flexibility index (Phi) is 4.44. The van der Waals surface area contributed by atoms with E-state index in [9.17, 15) is 14.7 Å². The van der Waals surface area contributed by atoms with Crippen molar-refractivity contribution >= 4 is 28.0 Å². The van der Waals surface area contributed by atoms with Crippen LogP contribution in [0.5, 0.6) is 0 Å². The number of hydrogen-bond donors (Lipinski definition) is 1. The van der Waals surface area contributed by atoms with E-state index in [4.69, 9.17) is 4.74 Å². The molecular weight excluding hydrogens is 326 g/mol. The van der Waals surface area contributed by atoms with E-state index in [0.29, 0.717) is 0 Å². The summed E-state index contributed by atoms with van der Waals surface area (Å²) in [5.74, 6) is -1.03. The second kappa shape index (κ2) is 6.09. The fourth-order valence-electron chi connectivity index (χ4n) is 2.18. The van der Waals surface area contributed by atoms with Crippen LogP contribution in [0, 0.1) is 0 Å². The van der Waals surface area contributed by atoms with Crippen LogP contribution in [-0.4, -0.2) is 34.7 Å². The molecular formula is C14H14BrNO4. The second-order valence-electron chi connectivity index (χ2n) is 4.46. The largest absolute Gasteiger partial charge is 0.480 e. The lowest BCUT2D eigenvalue weighted by molar-refractivity contribution is -0.143. The van der Waals surface area contributed by atoms with Gasteiger partial charge in [-0.3, -0.25) is 4.90 Å². The number of fused-ring (bicyclic) bond motifs is 1. The van der Waals surface area contributed by atoms with Crippen LogP contribution in [-0.2, 0) is 22.5 Å². The molecule has 6 heteroatoms. The van der Waals surface area contributed by atoms with Crippen molar-refractivity contribution < 1.29 is 19.4 Å². The molecule has 0 saturated carbocycles. The van der Waals surface area contributed by atoms with Crippen LogP contribution in [0.15, 0.2) is 35.3 Å². The van der Waals surface area contributed by atoms with Gasteiger partial charge in [-0.1, -0.05) is 34.7 Å². The van der Waals surface area contributed by atoms with E-state index >= 15 is 0 Å². The van der Waals surface area contributed by atoms with Gasteiger partial charge in [0, 0.05) is 10.9 Å². The Labute approximate surface area is 125 Å². The summed E-state index contributed by atoms with van der Waals surface area (Å²) in [6.45, 7) is 3.75. The van der Waals surface area contributed by atoms with Gasteiger partial charge in [0.1, 0.15) is 12.6 Å². The highest BCUT2D eigenvalue weighted by Gasteiger charge is 2.35. The summed E-state index contributed by atoms with van der Waals surface area (Å²) in [4.78, 5) is 24.5. The molecule has 0 aromatic heterocycles. The predicted octanol–water partition coefficient (Wildman–Crippen LogP) is 2.58. The van der Waals surface area contributed by atoms with E-state index in [2.05, 4.69) is 22.5 Å². The van der Waals surface area contributed by atoms with Crippen LogP contribution in [0.2, 0.25) is 0 Å². The van der Waals surface area contributed by atoms with Gasteiger partial charge in [-0.25, -0.2) is 9.59 Å². The molecule has 1 aliphatic rings. The zero-order chi connectivity index (χ0) is 14.7. The summed E-state index contributed by atoms with van der Waals surface area (Å²) in [6, 6.07) is 4.73. The van der Waals surface area contributed by atoms with Crippen molar-refractivity contribution in [2.24, 2.45) is 0 Å². The lowest BCUT2D eigenvalue weighted by Gasteiger charge is -2.33. The lowest BCUT2D eigenvalue weighted by Crippen LogP contribution is -2.48. The third kappa shape index (κ3) is 3.01. The number of carboxylic acid groups (broad SMARTS) is 1. The maximum atomic E-state index is 11.9. The molecule has 1 amide bonds. The van der Waals surface area contributed by atoms with Gasteiger partial charge in [0.05, 0.1) is 6.54 Å². The van der Waals surface area contributed by atoms with Crippen molar-refractivity contribution in [1.82, 2.24) is 4.90 Å². The standard InChI is InChI=1S/C14H14BrNO4/c1-2-5-20-14(19)16-8-10-6-11(15)4-3-9(10)7-12(16)13(17)18/h2-4,6,12H,1,5,7-8H2,(H,17,18)/t12-/m0/s1. The summed E-state index contributed by atoms with van der Waals surface area (Å²) in [7, 11) is 0. The number of amides is 1. The molecule has 1 aliphatic heterocycles. The molecule has 5 nitrogen and oxygen atoms in total. The minimum atomic E-state index is -1.03. The van der Waals surface area contributed by atoms with Gasteiger partial charge >= 0.3 is 12.1 Å². The van der Waals surface area contributed by atoms with Crippen molar-refractivity contribution in [3.8, 4) is 0 Å². The van der Waals surface area contributed by atoms with Crippen molar-refractivity contribution in [1.29, 1.82) is 0 Å². The number of ether oxygens (including phenoxy) is 1. The first-order valence-corrected chi connectivity index (χ1v) is 6.86. The van der Waals surface area contributed by atoms with Crippen molar-refractivity contribution in [3.63, 3.8) is 0 Å². The molecule has 20 heavy (non-hydrogen) atoms. The number of carbonyl (C=O) groups is 2. The highest BCUT2D eigenvalue weighted by Crippen LogP contribution is 2.27. The first kappa shape index (κ1) is 14.6. The van der Waals surface area contributed by atoms with E-state index in [-0.39, 0.29) is 19.6 Å². The molecule has 0 spiro atoms. The molecule has 0 fully saturated rings. The number of aliphatic carboxylic acids is 1. The van der Waals surface area contributed by atoms with Gasteiger partial charge in [-0.15, -0.1) is 0 Å². The smallest absolute Gasteiger partial charge is 0.411 e. The van der Waals surface area contributed by atoms with Gasteiger partial charge in [0.15, 0.2) is 0 Å². The number of nitrogens with zero attached hydrogens (tertiary/aromatic N) is 1. The first-order chi connectivity index (χ1) is 9.52. The lowest BCUT2D eigenvalue weighted by atomic mass is 9.94. The molecule has 1 N–H and O–H groups in total. The zero-order valence-corrected chi connectivity index (χ0v) is 12.3. The highest BCUT2D eigenvalue weighted by molar-refractivity contribution is 9.10. The topological polar surface area (TPSA) is 66.8 Å². The van der Waals surface area contributed by atoms with E-state index < -0.39 is 18.1 Å². The molecule has 0 saturated heterocycles. The number of carboxylic acids is 1. The number of rotatable bonds is 3. The summed E-state index contributed by atoms with van der Waals surface area (Å²) in [5, 5.41) is 9.28. The highest BCUT2D eigenvalue weighted by atomic mass is 79.9. The van der Waals surface area contributed by atoms with Gasteiger partial charge in [-0.05, 0) is 23.3 Å². The number of halogens is 1. The van der Waals surface area contributed by atoms with E-state index in [0.717, 1.165) is 15.6 Å². The molecule has 1 atom stereocenters. The average Bonchev–Trinajstić information content (AvgIpc) is 2.43. The Hall–Kier alpha value is -1.82. The minimum absolute atomic E-state index is 0.0625. The number of hydrogen-bond acceptors (Lipinski definition) is 3. The Balaban J connectivity index is 2.27. The van der Waals surface area contributed by atoms with Crippen LogP contribution in [0.25, 0.3) is 0 Å². The van der Waals surface area contributed by atoms with Gasteiger partial charge in [0.25, 0.3) is 0 Å². The fraction of sp³-hybridized carbons (Fsp3) is 0.286. The van der Waals surface area contributed by atoms with E-state index in [1.807, 2.05) is 18.2 Å². The molecule has 0 unspecified atom stereocenters. The third-order valence-corrected chi connectivity index (χ3v) is 3.64. The Bertz CT molecular complexity index is 558. The maximum absolute atomic E-state index is 11.9. The summed E-state index contributed by atoms with van der Waals surface area (Å²) in [6.07, 6.45) is 1.09. The van der Waals surface area contributed by atoms with E-state index in [1.165, 1.54) is 11.0 Å². The molecule has 1 aromatic rings. The monoisotopic (exact) mass is 339 g/mol. The van der Waals surface area contributed by atoms with Gasteiger partial charge in [0.2, 0.25) is 0 Å². The number of carbonyl (C=O) groups excluding carboxylic acids is 1.